The highest BCUT2D eigenvalue weighted by atomic mass is 28.4. The molecule has 5 heteroatoms. The van der Waals surface area contributed by atoms with Crippen LogP contribution in [0.5, 0.6) is 0 Å². The highest BCUT2D eigenvalue weighted by Crippen LogP contribution is 2.41. The van der Waals surface area contributed by atoms with Crippen molar-refractivity contribution >= 4 is 8.80 Å². The summed E-state index contributed by atoms with van der Waals surface area (Å²) in [5.74, 6) is 0.760. The summed E-state index contributed by atoms with van der Waals surface area (Å²) in [4.78, 5) is 0. The Morgan fingerprint density at radius 3 is 2.38 bits per heavy atom. The zero-order valence-electron chi connectivity index (χ0n) is 10.4. The summed E-state index contributed by atoms with van der Waals surface area (Å²) in [6.45, 7) is 0. The lowest BCUT2D eigenvalue weighted by Gasteiger charge is -2.27. The monoisotopic (exact) mass is 248 g/mol. The van der Waals surface area contributed by atoms with Gasteiger partial charge >= 0.3 is 8.80 Å². The van der Waals surface area contributed by atoms with Crippen LogP contribution in [0, 0.1) is 5.92 Å². The maximum Gasteiger partial charge on any atom is 0.500 e. The SMILES string of the molecule is CO[Si](CCC1CCC2OC2C1)(OC)OC.[HH]. The number of epoxide rings is 1. The summed E-state index contributed by atoms with van der Waals surface area (Å²) in [5, 5.41) is 0. The molecule has 1 aliphatic heterocycles. The standard InChI is InChI=1S/C11H22O4Si.H2/c1-12-16(13-2,14-3)7-6-9-4-5-10-11(8-9)15-10;/h9-11H,4-8H2,1-3H3;1H. The van der Waals surface area contributed by atoms with Crippen LogP contribution in [0.4, 0.5) is 0 Å². The first-order valence-electron chi connectivity index (χ1n) is 6.04. The van der Waals surface area contributed by atoms with Gasteiger partial charge in [0.1, 0.15) is 0 Å². The minimum Gasteiger partial charge on any atom is -0.377 e. The molecule has 1 aliphatic carbocycles. The quantitative estimate of drug-likeness (QED) is 0.533. The minimum absolute atomic E-state index is 0. The van der Waals surface area contributed by atoms with E-state index in [0.717, 1.165) is 18.4 Å². The minimum atomic E-state index is -2.35. The Morgan fingerprint density at radius 2 is 1.81 bits per heavy atom. The summed E-state index contributed by atoms with van der Waals surface area (Å²) < 4.78 is 21.8. The van der Waals surface area contributed by atoms with Crippen LogP contribution in [0.3, 0.4) is 0 Å². The normalized spacial score (nSPS) is 33.6. The van der Waals surface area contributed by atoms with Crippen molar-refractivity contribution in [3.8, 4) is 0 Å². The molecule has 0 spiro atoms. The molecule has 1 heterocycles. The fraction of sp³-hybridized carbons (Fsp3) is 1.00. The molecule has 4 nitrogen and oxygen atoms in total. The summed E-state index contributed by atoms with van der Waals surface area (Å²) >= 11 is 0. The summed E-state index contributed by atoms with van der Waals surface area (Å²) in [6.07, 6.45) is 6.01. The van der Waals surface area contributed by atoms with Crippen LogP contribution >= 0.6 is 0 Å². The largest absolute Gasteiger partial charge is 0.500 e. The molecule has 1 saturated carbocycles. The molecule has 0 aromatic rings. The van der Waals surface area contributed by atoms with Crippen LogP contribution in [0.2, 0.25) is 6.04 Å². The van der Waals surface area contributed by atoms with Gasteiger partial charge in [0.05, 0.1) is 12.2 Å². The average Bonchev–Trinajstić information content (AvgIpc) is 3.10. The highest BCUT2D eigenvalue weighted by Gasteiger charge is 2.45. The van der Waals surface area contributed by atoms with Gasteiger partial charge in [0.15, 0.2) is 0 Å². The third-order valence-electron chi connectivity index (χ3n) is 3.90. The van der Waals surface area contributed by atoms with Gasteiger partial charge in [0, 0.05) is 28.8 Å². The topological polar surface area (TPSA) is 40.2 Å². The lowest BCUT2D eigenvalue weighted by Crippen LogP contribution is -2.43. The van der Waals surface area contributed by atoms with E-state index in [2.05, 4.69) is 0 Å². The van der Waals surface area contributed by atoms with Gasteiger partial charge in [-0.05, 0) is 31.6 Å². The predicted octanol–water partition coefficient (Wildman–Crippen LogP) is 2.07. The predicted molar refractivity (Wildman–Crippen MR) is 64.3 cm³/mol. The Balaban J connectivity index is 0.00000144. The first kappa shape index (κ1) is 12.5. The van der Waals surface area contributed by atoms with Gasteiger partial charge in [-0.1, -0.05) is 0 Å². The molecule has 3 atom stereocenters. The smallest absolute Gasteiger partial charge is 0.377 e. The van der Waals surface area contributed by atoms with Gasteiger partial charge in [0.2, 0.25) is 0 Å². The van der Waals surface area contributed by atoms with Crippen molar-refractivity contribution in [2.24, 2.45) is 5.92 Å². The third-order valence-corrected chi connectivity index (χ3v) is 6.67. The first-order valence-corrected chi connectivity index (χ1v) is 7.97. The van der Waals surface area contributed by atoms with Crippen molar-refractivity contribution < 1.29 is 19.4 Å². The molecule has 2 aliphatic rings. The Bertz CT molecular complexity index is 229. The highest BCUT2D eigenvalue weighted by molar-refractivity contribution is 6.60. The van der Waals surface area contributed by atoms with Crippen molar-refractivity contribution in [3.05, 3.63) is 0 Å². The zero-order valence-corrected chi connectivity index (χ0v) is 11.4. The van der Waals surface area contributed by atoms with Crippen molar-refractivity contribution in [1.29, 1.82) is 0 Å². The second-order valence-corrected chi connectivity index (χ2v) is 7.82. The Hall–Kier alpha value is 0.0569. The second kappa shape index (κ2) is 5.14. The zero-order chi connectivity index (χ0) is 11.6. The second-order valence-electron chi connectivity index (χ2n) is 4.73. The van der Waals surface area contributed by atoms with Crippen molar-refractivity contribution in [2.45, 2.75) is 43.9 Å². The molecule has 16 heavy (non-hydrogen) atoms. The number of rotatable bonds is 6. The third kappa shape index (κ3) is 2.65. The van der Waals surface area contributed by atoms with Gasteiger partial charge in [-0.3, -0.25) is 0 Å². The molecule has 0 bridgehead atoms. The van der Waals surface area contributed by atoms with Crippen LogP contribution in [-0.4, -0.2) is 42.3 Å². The van der Waals surface area contributed by atoms with Gasteiger partial charge in [-0.15, -0.1) is 0 Å². The van der Waals surface area contributed by atoms with Crippen LogP contribution in [0.15, 0.2) is 0 Å². The maximum absolute atomic E-state index is 5.54. The molecular weight excluding hydrogens is 224 g/mol. The van der Waals surface area contributed by atoms with E-state index in [0.29, 0.717) is 12.2 Å². The van der Waals surface area contributed by atoms with Gasteiger partial charge < -0.3 is 18.0 Å². The van der Waals surface area contributed by atoms with E-state index in [-0.39, 0.29) is 1.43 Å². The van der Waals surface area contributed by atoms with E-state index in [9.17, 15) is 0 Å². The molecule has 96 valence electrons. The van der Waals surface area contributed by atoms with Crippen molar-refractivity contribution in [3.63, 3.8) is 0 Å². The van der Waals surface area contributed by atoms with E-state index in [1.807, 2.05) is 0 Å². The number of fused-ring (bicyclic) bond motifs is 1. The Labute approximate surface area is 100 Å². The lowest BCUT2D eigenvalue weighted by atomic mass is 9.88. The van der Waals surface area contributed by atoms with Gasteiger partial charge in [-0.25, -0.2) is 0 Å². The summed E-state index contributed by atoms with van der Waals surface area (Å²) in [5.41, 5.74) is 0. The van der Waals surface area contributed by atoms with Gasteiger partial charge in [-0.2, -0.15) is 0 Å². The van der Waals surface area contributed by atoms with Crippen LogP contribution < -0.4 is 0 Å². The van der Waals surface area contributed by atoms with E-state index in [4.69, 9.17) is 18.0 Å². The molecular formula is C11H24O4Si. The Morgan fingerprint density at radius 1 is 1.12 bits per heavy atom. The maximum atomic E-state index is 5.54. The van der Waals surface area contributed by atoms with Crippen molar-refractivity contribution in [2.75, 3.05) is 21.3 Å². The molecule has 2 fully saturated rings. The number of hydrogen-bond acceptors (Lipinski definition) is 4. The fourth-order valence-corrected chi connectivity index (χ4v) is 4.56. The molecule has 2 rings (SSSR count). The van der Waals surface area contributed by atoms with Gasteiger partial charge in [0.25, 0.3) is 0 Å². The van der Waals surface area contributed by atoms with Crippen molar-refractivity contribution in [1.82, 2.24) is 0 Å². The van der Waals surface area contributed by atoms with E-state index in [1.165, 1.54) is 19.3 Å². The lowest BCUT2D eigenvalue weighted by molar-refractivity contribution is 0.120. The van der Waals surface area contributed by atoms with E-state index < -0.39 is 8.80 Å². The number of ether oxygens (including phenoxy) is 1. The molecule has 0 N–H and O–H groups in total. The van der Waals surface area contributed by atoms with E-state index in [1.54, 1.807) is 21.3 Å². The summed E-state index contributed by atoms with van der Waals surface area (Å²) in [7, 11) is 2.69. The first-order chi connectivity index (χ1) is 7.73. The van der Waals surface area contributed by atoms with Crippen LogP contribution in [0.1, 0.15) is 27.1 Å². The number of hydrogen-bond donors (Lipinski definition) is 0. The molecule has 0 amide bonds. The summed E-state index contributed by atoms with van der Waals surface area (Å²) in [6, 6.07) is 0.915. The fourth-order valence-electron chi connectivity index (χ4n) is 2.69. The van der Waals surface area contributed by atoms with Crippen LogP contribution in [-0.2, 0) is 18.0 Å². The molecule has 1 saturated heterocycles. The average molecular weight is 248 g/mol. The van der Waals surface area contributed by atoms with Crippen LogP contribution in [0.25, 0.3) is 0 Å². The molecule has 0 aromatic heterocycles. The molecule has 0 radical (unpaired) electrons. The molecule has 3 unspecified atom stereocenters. The Kier molecular flexibility index (Phi) is 4.02. The molecule has 0 aromatic carbocycles. The van der Waals surface area contributed by atoms with E-state index >= 15 is 0 Å².